The molecule has 0 spiro atoms. The molecular weight excluding hydrogens is 430 g/mol. The number of pyridine rings is 1. The van der Waals surface area contributed by atoms with Crippen molar-refractivity contribution in [2.24, 2.45) is 0 Å². The third-order valence-electron chi connectivity index (χ3n) is 5.84. The Labute approximate surface area is 198 Å². The van der Waals surface area contributed by atoms with Crippen molar-refractivity contribution in [2.45, 2.75) is 34.1 Å². The molecule has 4 amide bonds. The van der Waals surface area contributed by atoms with E-state index in [2.05, 4.69) is 15.6 Å². The molecule has 1 aliphatic heterocycles. The van der Waals surface area contributed by atoms with Gasteiger partial charge in [-0.3, -0.25) is 9.59 Å². The summed E-state index contributed by atoms with van der Waals surface area (Å²) >= 11 is 0. The van der Waals surface area contributed by atoms with Gasteiger partial charge in [0, 0.05) is 23.3 Å². The molecule has 8 nitrogen and oxygen atoms in total. The number of para-hydroxylation sites is 1. The largest absolute Gasteiger partial charge is 0.329 e. The number of rotatable bonds is 6. The highest BCUT2D eigenvalue weighted by molar-refractivity contribution is 6.16. The number of amides is 4. The first-order valence-corrected chi connectivity index (χ1v) is 11.1. The molecule has 34 heavy (non-hydrogen) atoms. The van der Waals surface area contributed by atoms with Crippen LogP contribution in [0.25, 0.3) is 11.9 Å². The van der Waals surface area contributed by atoms with Crippen molar-refractivity contribution < 1.29 is 14.4 Å². The van der Waals surface area contributed by atoms with Gasteiger partial charge in [-0.2, -0.15) is 0 Å². The number of imide groups is 1. The van der Waals surface area contributed by atoms with Crippen molar-refractivity contribution in [2.75, 3.05) is 11.9 Å². The number of aromatic nitrogens is 2. The molecule has 3 aromatic rings. The maximum atomic E-state index is 12.9. The summed E-state index contributed by atoms with van der Waals surface area (Å²) in [5.41, 5.74) is 5.49. The first kappa shape index (κ1) is 23.0. The van der Waals surface area contributed by atoms with E-state index in [0.29, 0.717) is 5.69 Å². The molecule has 1 aromatic carbocycles. The maximum Gasteiger partial charge on any atom is 0.329 e. The predicted molar refractivity (Wildman–Crippen MR) is 130 cm³/mol. The van der Waals surface area contributed by atoms with E-state index in [4.69, 9.17) is 0 Å². The van der Waals surface area contributed by atoms with E-state index >= 15 is 0 Å². The number of benzene rings is 1. The van der Waals surface area contributed by atoms with E-state index < -0.39 is 17.8 Å². The van der Waals surface area contributed by atoms with Crippen LogP contribution in [0.4, 0.5) is 10.5 Å². The van der Waals surface area contributed by atoms with Gasteiger partial charge in [-0.05, 0) is 74.2 Å². The van der Waals surface area contributed by atoms with Crippen LogP contribution in [0.1, 0.15) is 35.0 Å². The number of carbonyl (C=O) groups excluding carboxylic acids is 3. The minimum atomic E-state index is -0.621. The Bertz CT molecular complexity index is 1320. The first-order valence-electron chi connectivity index (χ1n) is 11.1. The quantitative estimate of drug-likeness (QED) is 0.434. The molecule has 0 saturated carbocycles. The van der Waals surface area contributed by atoms with Crippen LogP contribution >= 0.6 is 0 Å². The molecule has 1 fully saturated rings. The molecule has 0 bridgehead atoms. The summed E-state index contributed by atoms with van der Waals surface area (Å²) in [5, 5.41) is 5.39. The van der Waals surface area contributed by atoms with Gasteiger partial charge >= 0.3 is 6.03 Å². The normalized spacial score (nSPS) is 14.6. The Hall–Kier alpha value is -4.20. The van der Waals surface area contributed by atoms with E-state index in [0.717, 1.165) is 45.2 Å². The molecule has 0 aliphatic carbocycles. The van der Waals surface area contributed by atoms with E-state index in [-0.39, 0.29) is 12.2 Å². The van der Waals surface area contributed by atoms with Crippen molar-refractivity contribution in [1.82, 2.24) is 19.8 Å². The number of anilines is 1. The summed E-state index contributed by atoms with van der Waals surface area (Å²) in [5.74, 6) is -0.191. The van der Waals surface area contributed by atoms with Crippen molar-refractivity contribution in [1.29, 1.82) is 0 Å². The molecule has 1 aliphatic rings. The molecule has 1 saturated heterocycles. The van der Waals surface area contributed by atoms with Gasteiger partial charge in [0.2, 0.25) is 5.91 Å². The molecule has 0 radical (unpaired) electrons. The third-order valence-corrected chi connectivity index (χ3v) is 5.84. The van der Waals surface area contributed by atoms with Gasteiger partial charge < -0.3 is 15.2 Å². The van der Waals surface area contributed by atoms with Crippen molar-refractivity contribution in [3.63, 3.8) is 0 Å². The number of nitrogens with zero attached hydrogens (tertiary/aromatic N) is 3. The zero-order valence-corrected chi connectivity index (χ0v) is 19.7. The smallest absolute Gasteiger partial charge is 0.324 e. The zero-order valence-electron chi connectivity index (χ0n) is 19.7. The average Bonchev–Trinajstić information content (AvgIpc) is 3.23. The fraction of sp³-hybridized carbons (Fsp3) is 0.231. The minimum Gasteiger partial charge on any atom is -0.324 e. The van der Waals surface area contributed by atoms with Crippen molar-refractivity contribution >= 4 is 29.6 Å². The summed E-state index contributed by atoms with van der Waals surface area (Å²) in [7, 11) is 0. The lowest BCUT2D eigenvalue weighted by Crippen LogP contribution is -2.38. The third kappa shape index (κ3) is 4.47. The Morgan fingerprint density at radius 1 is 1.12 bits per heavy atom. The van der Waals surface area contributed by atoms with Crippen LogP contribution in [0.5, 0.6) is 0 Å². The SMILES string of the molecule is CCc1ccccc1NC(=O)CN1C(=O)N/C(=C/c2cc(C)n(-c3cc(C)ccn3)c2C)C1=O. The van der Waals surface area contributed by atoms with E-state index in [9.17, 15) is 14.4 Å². The lowest BCUT2D eigenvalue weighted by molar-refractivity contribution is -0.127. The standard InChI is InChI=1S/C26H27N5O3/c1-5-19-8-6-7-9-21(19)28-24(32)15-30-25(33)22(29-26(30)34)14-20-13-17(3)31(18(20)4)23-12-16(2)10-11-27-23/h6-14H,5,15H2,1-4H3,(H,28,32)(H,29,34)/b22-14+. The van der Waals surface area contributed by atoms with Gasteiger partial charge in [0.05, 0.1) is 0 Å². The molecule has 0 unspecified atom stereocenters. The molecule has 8 heteroatoms. The van der Waals surface area contributed by atoms with Gasteiger partial charge in [0.1, 0.15) is 18.1 Å². The van der Waals surface area contributed by atoms with E-state index in [1.54, 1.807) is 18.3 Å². The Morgan fingerprint density at radius 2 is 1.88 bits per heavy atom. The topological polar surface area (TPSA) is 96.3 Å². The lowest BCUT2D eigenvalue weighted by atomic mass is 10.1. The first-order chi connectivity index (χ1) is 16.3. The fourth-order valence-corrected chi connectivity index (χ4v) is 4.08. The molecule has 174 valence electrons. The van der Waals surface area contributed by atoms with Crippen LogP contribution in [-0.2, 0) is 16.0 Å². The summed E-state index contributed by atoms with van der Waals surface area (Å²) in [4.78, 5) is 43.3. The summed E-state index contributed by atoms with van der Waals surface area (Å²) < 4.78 is 2.00. The highest BCUT2D eigenvalue weighted by Gasteiger charge is 2.35. The summed E-state index contributed by atoms with van der Waals surface area (Å²) in [6.45, 7) is 7.51. The summed E-state index contributed by atoms with van der Waals surface area (Å²) in [6.07, 6.45) is 4.15. The van der Waals surface area contributed by atoms with Crippen molar-refractivity contribution in [3.8, 4) is 5.82 Å². The molecule has 2 N–H and O–H groups in total. The highest BCUT2D eigenvalue weighted by Crippen LogP contribution is 2.23. The van der Waals surface area contributed by atoms with Crippen LogP contribution in [0, 0.1) is 20.8 Å². The second-order valence-corrected chi connectivity index (χ2v) is 8.29. The van der Waals surface area contributed by atoms with E-state index in [1.807, 2.05) is 68.7 Å². The molecule has 2 aromatic heterocycles. The van der Waals surface area contributed by atoms with Crippen LogP contribution in [-0.4, -0.2) is 38.8 Å². The van der Waals surface area contributed by atoms with Gasteiger partial charge in [0.25, 0.3) is 5.91 Å². The Morgan fingerprint density at radius 3 is 2.62 bits per heavy atom. The van der Waals surface area contributed by atoms with Crippen LogP contribution in [0.3, 0.4) is 0 Å². The second-order valence-electron chi connectivity index (χ2n) is 8.29. The summed E-state index contributed by atoms with van der Waals surface area (Å²) in [6, 6.07) is 12.7. The predicted octanol–water partition coefficient (Wildman–Crippen LogP) is 3.89. The van der Waals surface area contributed by atoms with Crippen LogP contribution < -0.4 is 10.6 Å². The van der Waals surface area contributed by atoms with Crippen LogP contribution in [0.2, 0.25) is 0 Å². The highest BCUT2D eigenvalue weighted by atomic mass is 16.2. The monoisotopic (exact) mass is 457 g/mol. The van der Waals surface area contributed by atoms with E-state index in [1.165, 1.54) is 0 Å². The molecule has 0 atom stereocenters. The second kappa shape index (κ2) is 9.35. The van der Waals surface area contributed by atoms with Gasteiger partial charge in [-0.25, -0.2) is 14.7 Å². The van der Waals surface area contributed by atoms with Crippen molar-refractivity contribution in [3.05, 3.63) is 82.4 Å². The number of hydrogen-bond donors (Lipinski definition) is 2. The van der Waals surface area contributed by atoms with Gasteiger partial charge in [-0.1, -0.05) is 25.1 Å². The van der Waals surface area contributed by atoms with Gasteiger partial charge in [-0.15, -0.1) is 0 Å². The number of hydrogen-bond acceptors (Lipinski definition) is 4. The molecular formula is C26H27N5O3. The number of urea groups is 1. The molecule has 3 heterocycles. The average molecular weight is 458 g/mol. The fourth-order valence-electron chi connectivity index (χ4n) is 4.08. The maximum absolute atomic E-state index is 12.9. The lowest BCUT2D eigenvalue weighted by Gasteiger charge is -2.13. The zero-order chi connectivity index (χ0) is 24.4. The minimum absolute atomic E-state index is 0.129. The number of nitrogens with one attached hydrogen (secondary N) is 2. The Balaban J connectivity index is 1.53. The number of carbonyl (C=O) groups is 3. The van der Waals surface area contributed by atoms with Gasteiger partial charge in [0.15, 0.2) is 0 Å². The molecule has 4 rings (SSSR count). The Kier molecular flexibility index (Phi) is 6.32. The number of aryl methyl sites for hydroxylation is 3. The van der Waals surface area contributed by atoms with Crippen LogP contribution in [0.15, 0.2) is 54.4 Å².